The normalized spacial score (nSPS) is 15.7. The van der Waals surface area contributed by atoms with E-state index >= 15 is 0 Å². The number of urea groups is 2. The Balaban J connectivity index is 0.000000234. The fourth-order valence-corrected chi connectivity index (χ4v) is 8.87. The van der Waals surface area contributed by atoms with E-state index in [0.29, 0.717) is 49.1 Å². The molecule has 6 heterocycles. The van der Waals surface area contributed by atoms with Crippen molar-refractivity contribution in [3.05, 3.63) is 35.2 Å². The van der Waals surface area contributed by atoms with E-state index in [1.165, 1.54) is 31.1 Å². The van der Waals surface area contributed by atoms with Crippen LogP contribution in [-0.2, 0) is 46.0 Å². The summed E-state index contributed by atoms with van der Waals surface area (Å²) in [5.41, 5.74) is 2.29. The molecule has 4 aromatic heterocycles. The van der Waals surface area contributed by atoms with Gasteiger partial charge in [0.25, 0.3) is 12.9 Å². The third-order valence-corrected chi connectivity index (χ3v) is 12.1. The SMILES string of the molecule is CC(C)c1nn(CC(F)F)c(C(C)C)c1NC(=O)N=S(N)(=O)c1cnn2c1OCCC2.CC(C)c1nn(CC(F)F)c(C(C)C)c1NC(=O)N=S(N)(=O)c1cnn2c1OCCC2. The van der Waals surface area contributed by atoms with E-state index in [4.69, 9.17) is 19.8 Å². The molecule has 6 rings (SSSR count). The molecule has 20 nitrogen and oxygen atoms in total. The van der Waals surface area contributed by atoms with Crippen LogP contribution in [0, 0.1) is 0 Å². The van der Waals surface area contributed by atoms with Crippen molar-refractivity contribution in [2.45, 2.75) is 141 Å². The molecule has 0 saturated carbocycles. The number of fused-ring (bicyclic) bond motifs is 2. The van der Waals surface area contributed by atoms with Crippen molar-refractivity contribution in [3.63, 3.8) is 0 Å². The summed E-state index contributed by atoms with van der Waals surface area (Å²) in [5.74, 6) is -0.300. The number of carbonyl (C=O) groups excluding carboxylic acids is 2. The second-order valence-corrected chi connectivity index (χ2v) is 19.2. The van der Waals surface area contributed by atoms with E-state index in [-0.39, 0.29) is 56.6 Å². The highest BCUT2D eigenvalue weighted by Gasteiger charge is 2.30. The molecule has 0 radical (unpaired) electrons. The molecule has 2 atom stereocenters. The van der Waals surface area contributed by atoms with Crippen LogP contribution in [0.4, 0.5) is 38.5 Å². The Hall–Kier alpha value is -5.08. The summed E-state index contributed by atoms with van der Waals surface area (Å²) in [5, 5.41) is 33.6. The number of nitrogens with two attached hydrogens (primary N) is 2. The highest BCUT2D eigenvalue weighted by atomic mass is 32.2. The van der Waals surface area contributed by atoms with Crippen molar-refractivity contribution < 1.29 is 45.0 Å². The number of alkyl halides is 4. The third-order valence-electron chi connectivity index (χ3n) is 9.40. The predicted octanol–water partition coefficient (Wildman–Crippen LogP) is 6.61. The van der Waals surface area contributed by atoms with E-state index in [0.717, 1.165) is 12.8 Å². The van der Waals surface area contributed by atoms with Gasteiger partial charge in [-0.05, 0) is 23.7 Å². The van der Waals surface area contributed by atoms with Crippen molar-refractivity contribution in [2.75, 3.05) is 23.8 Å². The lowest BCUT2D eigenvalue weighted by molar-refractivity contribution is 0.119. The molecule has 344 valence electrons. The second-order valence-electron chi connectivity index (χ2n) is 15.7. The Bertz CT molecular complexity index is 2340. The maximum atomic E-state index is 13.0. The fourth-order valence-electron chi connectivity index (χ4n) is 6.86. The van der Waals surface area contributed by atoms with E-state index in [1.54, 1.807) is 27.7 Å². The molecule has 0 bridgehead atoms. The number of hydrogen-bond acceptors (Lipinski definition) is 10. The summed E-state index contributed by atoms with van der Waals surface area (Å²) in [6, 6.07) is -1.94. The number of ether oxygens (including phenoxy) is 2. The number of hydrogen-bond donors (Lipinski definition) is 4. The molecular weight excluding hydrogens is 865 g/mol. The molecule has 4 aromatic rings. The summed E-state index contributed by atoms with van der Waals surface area (Å²) in [6.45, 7) is 15.3. The number of aryl methyl sites for hydroxylation is 2. The van der Waals surface area contributed by atoms with Gasteiger partial charge >= 0.3 is 12.1 Å². The molecule has 2 unspecified atom stereocenters. The number of aromatic nitrogens is 8. The summed E-state index contributed by atoms with van der Waals surface area (Å²) in [6.07, 6.45) is -1.17. The quantitative estimate of drug-likeness (QED) is 0.111. The molecule has 0 spiro atoms. The molecule has 2 aliphatic rings. The lowest BCUT2D eigenvalue weighted by Crippen LogP contribution is -2.21. The first-order valence-electron chi connectivity index (χ1n) is 19.9. The van der Waals surface area contributed by atoms with Crippen LogP contribution < -0.4 is 30.4 Å². The minimum absolute atomic E-state index is 0.0314. The number of rotatable bonds is 12. The van der Waals surface area contributed by atoms with E-state index in [1.807, 2.05) is 27.7 Å². The van der Waals surface area contributed by atoms with E-state index in [2.05, 4.69) is 39.8 Å². The lowest BCUT2D eigenvalue weighted by Gasteiger charge is -2.16. The number of nitrogens with one attached hydrogen (secondary N) is 2. The molecule has 0 aliphatic carbocycles. The van der Waals surface area contributed by atoms with Crippen LogP contribution in [-0.4, -0.2) is 85.7 Å². The Labute approximate surface area is 357 Å². The van der Waals surface area contributed by atoms with Gasteiger partial charge in [-0.1, -0.05) is 55.4 Å². The third kappa shape index (κ3) is 10.9. The Morgan fingerprint density at radius 1 is 0.677 bits per heavy atom. The van der Waals surface area contributed by atoms with E-state index < -0.39 is 57.8 Å². The minimum Gasteiger partial charge on any atom is -0.477 e. The topological polar surface area (TPSA) is 259 Å². The maximum absolute atomic E-state index is 13.0. The Morgan fingerprint density at radius 2 is 1.03 bits per heavy atom. The van der Waals surface area contributed by atoms with Crippen LogP contribution in [0.15, 0.2) is 30.9 Å². The van der Waals surface area contributed by atoms with Gasteiger partial charge in [-0.2, -0.15) is 20.4 Å². The van der Waals surface area contributed by atoms with Gasteiger partial charge in [-0.25, -0.2) is 55.2 Å². The van der Waals surface area contributed by atoms with Gasteiger partial charge in [0.2, 0.25) is 11.8 Å². The maximum Gasteiger partial charge on any atom is 0.354 e. The molecule has 0 fully saturated rings. The number of amides is 4. The van der Waals surface area contributed by atoms with Crippen LogP contribution in [0.25, 0.3) is 0 Å². The molecule has 0 aromatic carbocycles. The smallest absolute Gasteiger partial charge is 0.354 e. The molecule has 4 amide bonds. The first-order valence-corrected chi connectivity index (χ1v) is 23.0. The van der Waals surface area contributed by atoms with Gasteiger partial charge in [0.15, 0.2) is 19.8 Å². The van der Waals surface area contributed by atoms with Gasteiger partial charge in [-0.15, -0.1) is 8.73 Å². The lowest BCUT2D eigenvalue weighted by atomic mass is 10.0. The predicted molar refractivity (Wildman–Crippen MR) is 222 cm³/mol. The van der Waals surface area contributed by atoms with Gasteiger partial charge in [0, 0.05) is 25.9 Å². The Morgan fingerprint density at radius 3 is 1.34 bits per heavy atom. The van der Waals surface area contributed by atoms with Crippen LogP contribution >= 0.6 is 0 Å². The van der Waals surface area contributed by atoms with Gasteiger partial charge < -0.3 is 20.1 Å². The zero-order chi connectivity index (χ0) is 45.8. The van der Waals surface area contributed by atoms with Crippen molar-refractivity contribution in [1.29, 1.82) is 0 Å². The molecular formula is C36H54F4N14O6S2. The minimum atomic E-state index is -3.65. The van der Waals surface area contributed by atoms with Gasteiger partial charge in [0.1, 0.15) is 22.9 Å². The van der Waals surface area contributed by atoms with Crippen molar-refractivity contribution in [2.24, 2.45) is 19.0 Å². The highest BCUT2D eigenvalue weighted by Crippen LogP contribution is 2.35. The van der Waals surface area contributed by atoms with Crippen molar-refractivity contribution >= 4 is 43.3 Å². The first kappa shape index (κ1) is 48.0. The number of halogens is 4. The van der Waals surface area contributed by atoms with Crippen molar-refractivity contribution in [1.82, 2.24) is 39.1 Å². The fraction of sp³-hybridized carbons (Fsp3) is 0.611. The van der Waals surface area contributed by atoms with Crippen LogP contribution in [0.5, 0.6) is 11.8 Å². The number of carbonyl (C=O) groups is 2. The monoisotopic (exact) mass is 918 g/mol. The molecule has 62 heavy (non-hydrogen) atoms. The van der Waals surface area contributed by atoms with Crippen LogP contribution in [0.1, 0.15) is 115 Å². The second kappa shape index (κ2) is 19.5. The Kier molecular flexibility index (Phi) is 15.1. The zero-order valence-electron chi connectivity index (χ0n) is 35.7. The largest absolute Gasteiger partial charge is 0.477 e. The first-order chi connectivity index (χ1) is 29.0. The summed E-state index contributed by atoms with van der Waals surface area (Å²) >= 11 is 0. The zero-order valence-corrected chi connectivity index (χ0v) is 37.3. The molecule has 0 saturated heterocycles. The van der Waals surface area contributed by atoms with E-state index in [9.17, 15) is 35.6 Å². The summed E-state index contributed by atoms with van der Waals surface area (Å²) < 4.78 is 102. The molecule has 26 heteroatoms. The summed E-state index contributed by atoms with van der Waals surface area (Å²) in [4.78, 5) is 25.4. The van der Waals surface area contributed by atoms with Crippen LogP contribution in [0.2, 0.25) is 0 Å². The average Bonchev–Trinajstić information content (AvgIpc) is 3.94. The number of nitrogens with zero attached hydrogens (tertiary/aromatic N) is 10. The van der Waals surface area contributed by atoms with Crippen LogP contribution in [0.3, 0.4) is 0 Å². The molecule has 6 N–H and O–H groups in total. The summed E-state index contributed by atoms with van der Waals surface area (Å²) in [7, 11) is -7.30. The standard InChI is InChI=1S/2C18H27F2N7O3S/c2*1-10(2)14-15(16(11(3)4)27(24-14)9-13(19)20)23-18(28)25-31(21,29)12-8-22-26-6-5-7-30-17(12)26/h2*8,10-11,13H,5-7,9H2,1-4H3,(H3,21,23,25,28,29). The van der Waals surface area contributed by atoms with Crippen molar-refractivity contribution in [3.8, 4) is 11.8 Å². The number of anilines is 2. The average molecular weight is 919 g/mol. The van der Waals surface area contributed by atoms with Gasteiger partial charge in [0.05, 0.1) is 59.8 Å². The van der Waals surface area contributed by atoms with Gasteiger partial charge in [-0.3, -0.25) is 9.36 Å². The molecule has 2 aliphatic heterocycles. The highest BCUT2D eigenvalue weighted by molar-refractivity contribution is 7.92.